The highest BCUT2D eigenvalue weighted by Crippen LogP contribution is 2.47. The molecular formula is C35H33Cl2F3N8O2. The molecule has 3 heterocycles. The number of fused-ring (bicyclic) bond motifs is 2. The number of imidazole rings is 1. The van der Waals surface area contributed by atoms with Crippen molar-refractivity contribution in [2.75, 3.05) is 23.3 Å². The number of carbonyl (C=O) groups excluding carboxylic acids is 2. The Kier molecular flexibility index (Phi) is 9.03. The van der Waals surface area contributed by atoms with Crippen LogP contribution in [0.2, 0.25) is 10.0 Å². The number of aryl methyl sites for hydroxylation is 1. The monoisotopic (exact) mass is 724 g/mol. The minimum atomic E-state index is -4.22. The highest BCUT2D eigenvalue weighted by molar-refractivity contribution is 6.39. The molecule has 3 aliphatic rings. The number of hydrogen-bond acceptors (Lipinski definition) is 7. The van der Waals surface area contributed by atoms with E-state index in [1.165, 1.54) is 18.6 Å². The molecule has 7 rings (SSSR count). The van der Waals surface area contributed by atoms with Crippen molar-refractivity contribution in [3.8, 4) is 6.07 Å². The number of nitrogens with one attached hydrogen (secondary N) is 3. The van der Waals surface area contributed by atoms with Crippen LogP contribution in [0.15, 0.2) is 42.5 Å². The van der Waals surface area contributed by atoms with Crippen molar-refractivity contribution in [2.45, 2.75) is 50.9 Å². The van der Waals surface area contributed by atoms with Gasteiger partial charge in [0.1, 0.15) is 17.5 Å². The van der Waals surface area contributed by atoms with Crippen LogP contribution in [0, 0.1) is 29.1 Å². The number of nitrogens with zero attached hydrogens (tertiary/aromatic N) is 5. The lowest BCUT2D eigenvalue weighted by Gasteiger charge is -2.31. The van der Waals surface area contributed by atoms with E-state index in [2.05, 4.69) is 25.8 Å². The summed E-state index contributed by atoms with van der Waals surface area (Å²) in [6.45, 7) is 1.73. The largest absolute Gasteiger partial charge is 0.391 e. The lowest BCUT2D eigenvalue weighted by Crippen LogP contribution is -2.40. The zero-order valence-corrected chi connectivity index (χ0v) is 28.5. The molecule has 2 aromatic heterocycles. The minimum Gasteiger partial charge on any atom is -0.370 e. The van der Waals surface area contributed by atoms with Gasteiger partial charge in [-0.3, -0.25) is 9.59 Å². The van der Waals surface area contributed by atoms with Crippen LogP contribution < -0.4 is 20.9 Å². The lowest BCUT2D eigenvalue weighted by molar-refractivity contribution is -0.182. The summed E-state index contributed by atoms with van der Waals surface area (Å²) in [6.07, 6.45) is -2.50. The summed E-state index contributed by atoms with van der Waals surface area (Å²) in [6, 6.07) is 13.2. The van der Waals surface area contributed by atoms with Gasteiger partial charge in [0.25, 0.3) is 11.8 Å². The summed E-state index contributed by atoms with van der Waals surface area (Å²) in [7, 11) is 1.83. The van der Waals surface area contributed by atoms with E-state index < -0.39 is 18.0 Å². The van der Waals surface area contributed by atoms with Gasteiger partial charge in [0.2, 0.25) is 5.95 Å². The molecule has 4 aromatic rings. The summed E-state index contributed by atoms with van der Waals surface area (Å²) in [5.41, 5.74) is 3.66. The number of amides is 2. The molecule has 0 radical (unpaired) electrons. The number of halogens is 5. The van der Waals surface area contributed by atoms with Crippen molar-refractivity contribution in [1.82, 2.24) is 25.2 Å². The third-order valence-corrected chi connectivity index (χ3v) is 10.8. The van der Waals surface area contributed by atoms with Gasteiger partial charge in [-0.05, 0) is 79.8 Å². The first-order valence-corrected chi connectivity index (χ1v) is 17.2. The Labute approximate surface area is 296 Å². The Morgan fingerprint density at radius 2 is 1.76 bits per heavy atom. The number of benzene rings is 2. The predicted octanol–water partition coefficient (Wildman–Crippen LogP) is 7.13. The van der Waals surface area contributed by atoms with Crippen molar-refractivity contribution in [1.29, 1.82) is 5.26 Å². The van der Waals surface area contributed by atoms with Gasteiger partial charge in [-0.15, -0.1) is 0 Å². The van der Waals surface area contributed by atoms with Crippen molar-refractivity contribution in [3.05, 3.63) is 75.0 Å². The van der Waals surface area contributed by atoms with E-state index in [1.807, 2.05) is 23.8 Å². The predicted molar refractivity (Wildman–Crippen MR) is 184 cm³/mol. The molecule has 3 N–H and O–H groups in total. The topological polar surface area (TPSA) is 128 Å². The number of aromatic nitrogens is 3. The van der Waals surface area contributed by atoms with Crippen molar-refractivity contribution >= 4 is 63.4 Å². The number of piperidine rings is 1. The van der Waals surface area contributed by atoms with Crippen LogP contribution in [-0.2, 0) is 13.6 Å². The first-order chi connectivity index (χ1) is 23.9. The Morgan fingerprint density at radius 3 is 2.46 bits per heavy atom. The second-order valence-electron chi connectivity index (χ2n) is 13.3. The number of rotatable bonds is 8. The van der Waals surface area contributed by atoms with Crippen molar-refractivity contribution in [2.24, 2.45) is 24.8 Å². The molecule has 0 spiro atoms. The molecule has 10 nitrogen and oxygen atoms in total. The summed E-state index contributed by atoms with van der Waals surface area (Å²) in [5.74, 6) is -0.524. The van der Waals surface area contributed by atoms with Crippen LogP contribution in [0.5, 0.6) is 0 Å². The van der Waals surface area contributed by atoms with Gasteiger partial charge in [0, 0.05) is 32.7 Å². The Bertz CT molecular complexity index is 2030. The maximum atomic E-state index is 13.8. The zero-order valence-electron chi connectivity index (χ0n) is 27.0. The Morgan fingerprint density at radius 1 is 1.02 bits per heavy atom. The molecule has 2 amide bonds. The van der Waals surface area contributed by atoms with E-state index in [4.69, 9.17) is 33.4 Å². The highest BCUT2D eigenvalue weighted by atomic mass is 35.5. The van der Waals surface area contributed by atoms with Crippen LogP contribution >= 0.6 is 23.2 Å². The fraction of sp³-hybridized carbons (Fsp3) is 0.400. The van der Waals surface area contributed by atoms with Crippen LogP contribution in [0.25, 0.3) is 11.0 Å². The normalized spacial score (nSPS) is 21.4. The van der Waals surface area contributed by atoms with E-state index in [-0.39, 0.29) is 60.6 Å². The third kappa shape index (κ3) is 6.79. The molecular weight excluding hydrogens is 692 g/mol. The van der Waals surface area contributed by atoms with Gasteiger partial charge in [-0.25, -0.2) is 9.97 Å². The SMILES string of the molecule is Cn1c(Nc2c(Cl)ccc(CNC(=O)c3cccc(C#N)n3)c2Cl)nc2cc(C(=O)N[C@H]3CC[C@H](C(F)(F)F)CC3)c(N3CC4CC4C3)cc21. The summed E-state index contributed by atoms with van der Waals surface area (Å²) in [4.78, 5) is 37.5. The molecule has 1 saturated heterocycles. The van der Waals surface area contributed by atoms with E-state index in [1.54, 1.807) is 24.3 Å². The lowest BCUT2D eigenvalue weighted by atomic mass is 9.85. The van der Waals surface area contributed by atoms with Crippen molar-refractivity contribution in [3.63, 3.8) is 0 Å². The number of alkyl halides is 3. The van der Waals surface area contributed by atoms with Gasteiger partial charge in [0.15, 0.2) is 0 Å². The molecule has 2 unspecified atom stereocenters. The number of hydrogen-bond donors (Lipinski definition) is 3. The summed E-state index contributed by atoms with van der Waals surface area (Å²) < 4.78 is 41.6. The quantitative estimate of drug-likeness (QED) is 0.177. The maximum absolute atomic E-state index is 13.8. The highest BCUT2D eigenvalue weighted by Gasteiger charge is 2.46. The van der Waals surface area contributed by atoms with Crippen LogP contribution in [-0.4, -0.2) is 51.7 Å². The number of anilines is 3. The average molecular weight is 726 g/mol. The number of carbonyl (C=O) groups is 2. The van der Waals surface area contributed by atoms with Crippen LogP contribution in [0.1, 0.15) is 64.2 Å². The summed E-state index contributed by atoms with van der Waals surface area (Å²) in [5, 5.41) is 18.7. The molecule has 2 aliphatic carbocycles. The van der Waals surface area contributed by atoms with E-state index in [0.717, 1.165) is 24.3 Å². The number of pyridine rings is 1. The first-order valence-electron chi connectivity index (χ1n) is 16.4. The minimum absolute atomic E-state index is 0.00278. The van der Waals surface area contributed by atoms with E-state index in [0.29, 0.717) is 45.1 Å². The number of nitriles is 1. The Hall–Kier alpha value is -4.54. The molecule has 2 saturated carbocycles. The molecule has 0 bridgehead atoms. The average Bonchev–Trinajstić information content (AvgIpc) is 3.59. The molecule has 15 heteroatoms. The molecule has 1 aliphatic heterocycles. The van der Waals surface area contributed by atoms with Crippen molar-refractivity contribution < 1.29 is 22.8 Å². The Balaban J connectivity index is 1.13. The molecule has 50 heavy (non-hydrogen) atoms. The smallest absolute Gasteiger partial charge is 0.370 e. The van der Waals surface area contributed by atoms with E-state index in [9.17, 15) is 22.8 Å². The fourth-order valence-corrected chi connectivity index (χ4v) is 7.59. The molecule has 2 atom stereocenters. The second kappa shape index (κ2) is 13.3. The third-order valence-electron chi connectivity index (χ3n) is 10.0. The van der Waals surface area contributed by atoms with E-state index >= 15 is 0 Å². The van der Waals surface area contributed by atoms with Crippen LogP contribution in [0.3, 0.4) is 0 Å². The molecule has 2 aromatic carbocycles. The first kappa shape index (κ1) is 33.9. The molecule has 260 valence electrons. The zero-order chi connectivity index (χ0) is 35.3. The van der Waals surface area contributed by atoms with Gasteiger partial charge in [-0.2, -0.15) is 18.4 Å². The van der Waals surface area contributed by atoms with Gasteiger partial charge in [0.05, 0.1) is 43.9 Å². The molecule has 3 fully saturated rings. The fourth-order valence-electron chi connectivity index (χ4n) is 7.05. The second-order valence-corrected chi connectivity index (χ2v) is 14.1. The maximum Gasteiger partial charge on any atom is 0.391 e. The van der Waals surface area contributed by atoms with Gasteiger partial charge in [-0.1, -0.05) is 35.3 Å². The van der Waals surface area contributed by atoms with Crippen LogP contribution in [0.4, 0.5) is 30.5 Å². The van der Waals surface area contributed by atoms with Gasteiger partial charge < -0.3 is 25.4 Å². The standard InChI is InChI=1S/C35H33Cl2F3N8O2/c1-47-29-13-28(48-16-19-11-20(19)17-48)24(32(49)44-22-8-6-21(7-9-22)35(38,39)40)12-27(29)45-34(47)46-31-25(36)10-5-18(30(31)37)15-42-33(50)26-4-2-3-23(14-41)43-26/h2-5,10,12-13,19-22H,6-9,11,15-17H2,1H3,(H,42,50)(H,44,49)(H,45,46)/t19?,20?,21-,22-. The van der Waals surface area contributed by atoms with Gasteiger partial charge >= 0.3 is 6.18 Å². The summed E-state index contributed by atoms with van der Waals surface area (Å²) >= 11 is 13.4.